The van der Waals surface area contributed by atoms with E-state index in [0.29, 0.717) is 16.8 Å². The van der Waals surface area contributed by atoms with Gasteiger partial charge < -0.3 is 5.73 Å². The average molecular weight is 212 g/mol. The van der Waals surface area contributed by atoms with Crippen LogP contribution in [0, 0.1) is 11.3 Å². The maximum absolute atomic E-state index is 10.9. The van der Waals surface area contributed by atoms with Crippen LogP contribution in [-0.4, -0.2) is 15.7 Å². The zero-order chi connectivity index (χ0) is 11.5. The molecule has 5 nitrogen and oxygen atoms in total. The van der Waals surface area contributed by atoms with E-state index in [0.717, 1.165) is 0 Å². The molecule has 16 heavy (non-hydrogen) atoms. The lowest BCUT2D eigenvalue weighted by atomic mass is 10.2. The van der Waals surface area contributed by atoms with Gasteiger partial charge in [0.05, 0.1) is 29.1 Å². The van der Waals surface area contributed by atoms with Gasteiger partial charge in [-0.15, -0.1) is 0 Å². The summed E-state index contributed by atoms with van der Waals surface area (Å²) in [4.78, 5) is 10.9. The molecule has 0 bridgehead atoms. The van der Waals surface area contributed by atoms with Crippen molar-refractivity contribution in [3.05, 3.63) is 47.8 Å². The van der Waals surface area contributed by atoms with E-state index in [2.05, 4.69) is 5.10 Å². The Kier molecular flexibility index (Phi) is 2.40. The molecule has 0 unspecified atom stereocenters. The molecule has 0 saturated carbocycles. The predicted molar refractivity (Wildman–Crippen MR) is 56.8 cm³/mol. The first-order valence-electron chi connectivity index (χ1n) is 4.56. The van der Waals surface area contributed by atoms with Crippen LogP contribution in [0.1, 0.15) is 15.9 Å². The first-order valence-corrected chi connectivity index (χ1v) is 4.56. The number of hydrogen-bond donors (Lipinski definition) is 1. The number of rotatable bonds is 2. The van der Waals surface area contributed by atoms with Crippen molar-refractivity contribution in [3.8, 4) is 11.8 Å². The molecule has 0 aliphatic heterocycles. The van der Waals surface area contributed by atoms with Gasteiger partial charge in [0.2, 0.25) is 0 Å². The second kappa shape index (κ2) is 3.87. The van der Waals surface area contributed by atoms with Crippen molar-refractivity contribution in [3.63, 3.8) is 0 Å². The predicted octanol–water partition coefficient (Wildman–Crippen LogP) is 0.843. The van der Waals surface area contributed by atoms with Crippen LogP contribution in [-0.2, 0) is 0 Å². The van der Waals surface area contributed by atoms with E-state index >= 15 is 0 Å². The first-order chi connectivity index (χ1) is 7.70. The minimum atomic E-state index is -0.525. The number of carbonyl (C=O) groups excluding carboxylic acids is 1. The molecule has 0 aliphatic rings. The smallest absolute Gasteiger partial charge is 0.251 e. The van der Waals surface area contributed by atoms with E-state index in [-0.39, 0.29) is 0 Å². The Balaban J connectivity index is 2.43. The lowest BCUT2D eigenvalue weighted by molar-refractivity contribution is 0.100. The molecule has 78 valence electrons. The van der Waals surface area contributed by atoms with Gasteiger partial charge >= 0.3 is 0 Å². The van der Waals surface area contributed by atoms with Crippen molar-refractivity contribution in [1.29, 1.82) is 5.26 Å². The lowest BCUT2D eigenvalue weighted by Gasteiger charge is -2.00. The standard InChI is InChI=1S/C11H8N4O/c12-5-8-2-1-3-10(4-8)15-7-9(6-14-15)11(13)16/h1-4,6-7H,(H2,13,16). The topological polar surface area (TPSA) is 84.7 Å². The summed E-state index contributed by atoms with van der Waals surface area (Å²) in [5.74, 6) is -0.525. The van der Waals surface area contributed by atoms with E-state index in [4.69, 9.17) is 11.0 Å². The van der Waals surface area contributed by atoms with Gasteiger partial charge in [0.1, 0.15) is 0 Å². The van der Waals surface area contributed by atoms with Gasteiger partial charge in [0.15, 0.2) is 0 Å². The van der Waals surface area contributed by atoms with Gasteiger partial charge in [-0.3, -0.25) is 4.79 Å². The summed E-state index contributed by atoms with van der Waals surface area (Å²) >= 11 is 0. The summed E-state index contributed by atoms with van der Waals surface area (Å²) in [6, 6.07) is 8.95. The Morgan fingerprint density at radius 1 is 1.50 bits per heavy atom. The van der Waals surface area contributed by atoms with Crippen LogP contribution in [0.2, 0.25) is 0 Å². The summed E-state index contributed by atoms with van der Waals surface area (Å²) < 4.78 is 1.50. The van der Waals surface area contributed by atoms with E-state index in [1.54, 1.807) is 24.3 Å². The summed E-state index contributed by atoms with van der Waals surface area (Å²) in [5, 5.41) is 12.7. The third-order valence-corrected chi connectivity index (χ3v) is 2.11. The molecule has 0 saturated heterocycles. The van der Waals surface area contributed by atoms with Gasteiger partial charge in [-0.05, 0) is 18.2 Å². The quantitative estimate of drug-likeness (QED) is 0.800. The van der Waals surface area contributed by atoms with Crippen LogP contribution in [0.15, 0.2) is 36.7 Å². The van der Waals surface area contributed by atoms with Gasteiger partial charge in [0.25, 0.3) is 5.91 Å². The first kappa shape index (κ1) is 9.93. The zero-order valence-corrected chi connectivity index (χ0v) is 8.29. The largest absolute Gasteiger partial charge is 0.366 e. The molecule has 2 rings (SSSR count). The molecule has 0 aliphatic carbocycles. The number of benzene rings is 1. The molecule has 5 heteroatoms. The maximum Gasteiger partial charge on any atom is 0.251 e. The molecule has 0 radical (unpaired) electrons. The van der Waals surface area contributed by atoms with Crippen molar-refractivity contribution in [1.82, 2.24) is 9.78 Å². The second-order valence-electron chi connectivity index (χ2n) is 3.20. The maximum atomic E-state index is 10.9. The van der Waals surface area contributed by atoms with Crippen LogP contribution in [0.5, 0.6) is 0 Å². The fourth-order valence-electron chi connectivity index (χ4n) is 1.31. The molecule has 0 spiro atoms. The van der Waals surface area contributed by atoms with Gasteiger partial charge in [0, 0.05) is 6.20 Å². The van der Waals surface area contributed by atoms with E-state index < -0.39 is 5.91 Å². The zero-order valence-electron chi connectivity index (χ0n) is 8.29. The molecular formula is C11H8N4O. The minimum Gasteiger partial charge on any atom is -0.366 e. The third kappa shape index (κ3) is 1.77. The number of hydrogen-bond acceptors (Lipinski definition) is 3. The molecule has 2 aromatic rings. The second-order valence-corrected chi connectivity index (χ2v) is 3.20. The molecule has 2 N–H and O–H groups in total. The fourth-order valence-corrected chi connectivity index (χ4v) is 1.31. The molecule has 0 atom stereocenters. The number of amides is 1. The summed E-state index contributed by atoms with van der Waals surface area (Å²) in [6.45, 7) is 0. The Morgan fingerprint density at radius 3 is 2.94 bits per heavy atom. The summed E-state index contributed by atoms with van der Waals surface area (Å²) in [7, 11) is 0. The molecule has 1 heterocycles. The highest BCUT2D eigenvalue weighted by atomic mass is 16.1. The number of nitrogens with zero attached hydrogens (tertiary/aromatic N) is 3. The molecular weight excluding hydrogens is 204 g/mol. The molecule has 1 aromatic heterocycles. The Hall–Kier alpha value is -2.61. The summed E-state index contributed by atoms with van der Waals surface area (Å²) in [6.07, 6.45) is 2.92. The Morgan fingerprint density at radius 2 is 2.31 bits per heavy atom. The number of nitrogens with two attached hydrogens (primary N) is 1. The van der Waals surface area contributed by atoms with Crippen LogP contribution in [0.3, 0.4) is 0 Å². The van der Waals surface area contributed by atoms with Crippen molar-refractivity contribution < 1.29 is 4.79 Å². The van der Waals surface area contributed by atoms with Gasteiger partial charge in [-0.1, -0.05) is 6.07 Å². The van der Waals surface area contributed by atoms with Crippen LogP contribution >= 0.6 is 0 Å². The highest BCUT2D eigenvalue weighted by Gasteiger charge is 2.05. The van der Waals surface area contributed by atoms with Crippen LogP contribution < -0.4 is 5.73 Å². The van der Waals surface area contributed by atoms with Crippen molar-refractivity contribution >= 4 is 5.91 Å². The van der Waals surface area contributed by atoms with Gasteiger partial charge in [-0.2, -0.15) is 10.4 Å². The number of carbonyl (C=O) groups is 1. The Labute approximate surface area is 91.7 Å². The van der Waals surface area contributed by atoms with E-state index in [9.17, 15) is 4.79 Å². The van der Waals surface area contributed by atoms with E-state index in [1.165, 1.54) is 17.1 Å². The number of aromatic nitrogens is 2. The molecule has 1 amide bonds. The molecule has 0 fully saturated rings. The SMILES string of the molecule is N#Cc1cccc(-n2cc(C(N)=O)cn2)c1. The van der Waals surface area contributed by atoms with Crippen molar-refractivity contribution in [2.45, 2.75) is 0 Å². The van der Waals surface area contributed by atoms with Crippen molar-refractivity contribution in [2.24, 2.45) is 5.73 Å². The number of primary amides is 1. The summed E-state index contributed by atoms with van der Waals surface area (Å²) in [5.41, 5.74) is 6.70. The minimum absolute atomic E-state index is 0.336. The average Bonchev–Trinajstić information content (AvgIpc) is 2.78. The lowest BCUT2D eigenvalue weighted by Crippen LogP contribution is -2.09. The monoisotopic (exact) mass is 212 g/mol. The van der Waals surface area contributed by atoms with Crippen LogP contribution in [0.4, 0.5) is 0 Å². The highest BCUT2D eigenvalue weighted by molar-refractivity contribution is 5.92. The fraction of sp³-hybridized carbons (Fsp3) is 0. The Bertz CT molecular complexity index is 580. The van der Waals surface area contributed by atoms with Gasteiger partial charge in [-0.25, -0.2) is 4.68 Å². The van der Waals surface area contributed by atoms with Crippen molar-refractivity contribution in [2.75, 3.05) is 0 Å². The third-order valence-electron chi connectivity index (χ3n) is 2.11. The number of nitriles is 1. The highest BCUT2D eigenvalue weighted by Crippen LogP contribution is 2.10. The van der Waals surface area contributed by atoms with E-state index in [1.807, 2.05) is 6.07 Å². The normalized spacial score (nSPS) is 9.69. The van der Waals surface area contributed by atoms with Crippen LogP contribution in [0.25, 0.3) is 5.69 Å². The molecule has 1 aromatic carbocycles.